The molecule has 3 aromatic rings. The molecule has 0 aliphatic heterocycles. The molecule has 30 heavy (non-hydrogen) atoms. The van der Waals surface area contributed by atoms with Crippen LogP contribution in [0.25, 0.3) is 5.69 Å². The number of halogens is 1. The van der Waals surface area contributed by atoms with Crippen molar-refractivity contribution >= 4 is 23.3 Å². The first-order valence-corrected chi connectivity index (χ1v) is 10.7. The molecule has 1 aliphatic rings. The van der Waals surface area contributed by atoms with Gasteiger partial charge < -0.3 is 5.32 Å². The first kappa shape index (κ1) is 20.2. The van der Waals surface area contributed by atoms with Crippen molar-refractivity contribution in [3.63, 3.8) is 0 Å². The molecule has 0 radical (unpaired) electrons. The largest absolute Gasteiger partial charge is 0.348 e. The van der Waals surface area contributed by atoms with Crippen molar-refractivity contribution in [2.24, 2.45) is 4.99 Å². The number of hydrogen-bond acceptors (Lipinski definition) is 4. The zero-order valence-electron chi connectivity index (χ0n) is 16.3. The van der Waals surface area contributed by atoms with Crippen LogP contribution in [-0.2, 0) is 0 Å². The Morgan fingerprint density at radius 2 is 1.73 bits per heavy atom. The molecule has 0 spiro atoms. The summed E-state index contributed by atoms with van der Waals surface area (Å²) in [6.07, 6.45) is 5.22. The van der Waals surface area contributed by atoms with Crippen LogP contribution in [0.4, 0.5) is 4.39 Å². The average molecular weight is 425 g/mol. The number of hydrogen-bond donors (Lipinski definition) is 1. The number of rotatable bonds is 4. The van der Waals surface area contributed by atoms with E-state index in [2.05, 4.69) is 15.4 Å². The van der Waals surface area contributed by atoms with Gasteiger partial charge in [0.25, 0.3) is 11.8 Å². The Bertz CT molecular complexity index is 1100. The van der Waals surface area contributed by atoms with E-state index in [1.54, 1.807) is 36.4 Å². The van der Waals surface area contributed by atoms with Crippen LogP contribution in [0.1, 0.15) is 53.0 Å². The van der Waals surface area contributed by atoms with E-state index in [9.17, 15) is 14.0 Å². The van der Waals surface area contributed by atoms with Gasteiger partial charge in [-0.05, 0) is 60.8 Å². The standard InChI is InChI=1S/C22H21FN4O2S/c23-16-11-13-18(14-12-16)27-26-19(21(29)24-17-9-5-2-6-10-17)22(30-27)25-20(28)15-7-3-1-4-8-15/h1,3-4,7-8,11-14,17H,2,5-6,9-10H2,(H,24,29). The summed E-state index contributed by atoms with van der Waals surface area (Å²) >= 11 is 1.07. The smallest absolute Gasteiger partial charge is 0.278 e. The third-order valence-corrected chi connectivity index (χ3v) is 5.92. The van der Waals surface area contributed by atoms with Gasteiger partial charge in [-0.1, -0.05) is 37.5 Å². The van der Waals surface area contributed by atoms with Crippen LogP contribution in [0, 0.1) is 5.82 Å². The van der Waals surface area contributed by atoms with E-state index in [-0.39, 0.29) is 28.1 Å². The van der Waals surface area contributed by atoms with Crippen molar-refractivity contribution in [2.75, 3.05) is 0 Å². The summed E-state index contributed by atoms with van der Waals surface area (Å²) in [6.45, 7) is 0. The fraction of sp³-hybridized carbons (Fsp3) is 0.273. The molecule has 1 aromatic heterocycles. The van der Waals surface area contributed by atoms with Gasteiger partial charge in [0.2, 0.25) is 0 Å². The second-order valence-corrected chi connectivity index (χ2v) is 8.10. The van der Waals surface area contributed by atoms with Crippen LogP contribution in [0.15, 0.2) is 59.6 Å². The molecule has 2 amide bonds. The normalized spacial score (nSPS) is 15.2. The average Bonchev–Trinajstić information content (AvgIpc) is 3.19. The fourth-order valence-corrected chi connectivity index (χ4v) is 4.27. The van der Waals surface area contributed by atoms with E-state index in [4.69, 9.17) is 0 Å². The van der Waals surface area contributed by atoms with E-state index < -0.39 is 5.91 Å². The first-order valence-electron chi connectivity index (χ1n) is 9.92. The molecule has 1 aliphatic carbocycles. The zero-order valence-corrected chi connectivity index (χ0v) is 17.1. The lowest BCUT2D eigenvalue weighted by Crippen LogP contribution is -2.38. The zero-order chi connectivity index (χ0) is 20.9. The number of aromatic nitrogens is 2. The monoisotopic (exact) mass is 424 g/mol. The van der Waals surface area contributed by atoms with Gasteiger partial charge >= 0.3 is 0 Å². The summed E-state index contributed by atoms with van der Waals surface area (Å²) in [5, 5.41) is 7.40. The molecule has 1 heterocycles. The highest BCUT2D eigenvalue weighted by molar-refractivity contribution is 7.04. The van der Waals surface area contributed by atoms with E-state index in [1.807, 2.05) is 6.07 Å². The summed E-state index contributed by atoms with van der Waals surface area (Å²) in [5.74, 6) is -1.16. The molecule has 1 saturated carbocycles. The molecule has 0 unspecified atom stereocenters. The maximum Gasteiger partial charge on any atom is 0.278 e. The molecule has 0 bridgehead atoms. The topological polar surface area (TPSA) is 76.3 Å². The van der Waals surface area contributed by atoms with Crippen LogP contribution in [-0.4, -0.2) is 27.0 Å². The summed E-state index contributed by atoms with van der Waals surface area (Å²) in [5.41, 5.74) is 1.11. The molecule has 8 heteroatoms. The van der Waals surface area contributed by atoms with E-state index in [0.29, 0.717) is 11.3 Å². The Kier molecular flexibility index (Phi) is 6.13. The molecule has 2 aromatic carbocycles. The van der Waals surface area contributed by atoms with Gasteiger partial charge in [-0.3, -0.25) is 9.59 Å². The molecule has 0 saturated heterocycles. The minimum atomic E-state index is -0.447. The van der Waals surface area contributed by atoms with E-state index in [1.165, 1.54) is 22.6 Å². The number of amides is 2. The van der Waals surface area contributed by atoms with Gasteiger partial charge in [0.15, 0.2) is 10.4 Å². The van der Waals surface area contributed by atoms with Crippen LogP contribution < -0.4 is 9.99 Å². The summed E-state index contributed by atoms with van der Waals surface area (Å²) in [6, 6.07) is 14.5. The minimum absolute atomic E-state index is 0.0965. The first-order chi connectivity index (χ1) is 14.6. The Morgan fingerprint density at radius 3 is 2.43 bits per heavy atom. The fourth-order valence-electron chi connectivity index (χ4n) is 3.41. The van der Waals surface area contributed by atoms with E-state index in [0.717, 1.165) is 37.2 Å². The predicted molar refractivity (Wildman–Crippen MR) is 112 cm³/mol. The highest BCUT2D eigenvalue weighted by atomic mass is 32.1. The Labute approximate surface area is 177 Å². The highest BCUT2D eigenvalue weighted by Crippen LogP contribution is 2.18. The highest BCUT2D eigenvalue weighted by Gasteiger charge is 2.21. The van der Waals surface area contributed by atoms with Crippen molar-refractivity contribution in [1.82, 2.24) is 14.5 Å². The number of carbonyl (C=O) groups is 2. The molecule has 0 atom stereocenters. The van der Waals surface area contributed by atoms with Gasteiger partial charge in [-0.2, -0.15) is 9.06 Å². The van der Waals surface area contributed by atoms with Gasteiger partial charge in [0.05, 0.1) is 5.69 Å². The molecule has 154 valence electrons. The van der Waals surface area contributed by atoms with Crippen LogP contribution in [0.3, 0.4) is 0 Å². The van der Waals surface area contributed by atoms with Gasteiger partial charge in [-0.15, -0.1) is 5.10 Å². The maximum atomic E-state index is 13.3. The minimum Gasteiger partial charge on any atom is -0.348 e. The van der Waals surface area contributed by atoms with Gasteiger partial charge in [-0.25, -0.2) is 4.39 Å². The van der Waals surface area contributed by atoms with Crippen molar-refractivity contribution in [3.8, 4) is 5.69 Å². The van der Waals surface area contributed by atoms with Crippen LogP contribution in [0.2, 0.25) is 0 Å². The second-order valence-electron chi connectivity index (χ2n) is 7.19. The lowest BCUT2D eigenvalue weighted by Gasteiger charge is -2.22. The van der Waals surface area contributed by atoms with Gasteiger partial charge in [0, 0.05) is 11.6 Å². The summed E-state index contributed by atoms with van der Waals surface area (Å²) < 4.78 is 15.0. The quantitative estimate of drug-likeness (QED) is 0.691. The van der Waals surface area contributed by atoms with E-state index >= 15 is 0 Å². The maximum absolute atomic E-state index is 13.3. The second kappa shape index (κ2) is 9.13. The lowest BCUT2D eigenvalue weighted by molar-refractivity contribution is 0.0921. The third-order valence-electron chi connectivity index (χ3n) is 4.99. The molecule has 4 rings (SSSR count). The van der Waals surface area contributed by atoms with Gasteiger partial charge in [0.1, 0.15) is 5.82 Å². The Balaban J connectivity index is 1.70. The predicted octanol–water partition coefficient (Wildman–Crippen LogP) is 3.88. The summed E-state index contributed by atoms with van der Waals surface area (Å²) in [4.78, 5) is 29.7. The molecular formula is C22H21FN4O2S. The molecule has 1 N–H and O–H groups in total. The number of nitrogens with zero attached hydrogens (tertiary/aromatic N) is 3. The van der Waals surface area contributed by atoms with Crippen molar-refractivity contribution in [1.29, 1.82) is 0 Å². The number of nitrogens with one attached hydrogen (secondary N) is 1. The van der Waals surface area contributed by atoms with Crippen LogP contribution >= 0.6 is 11.5 Å². The van der Waals surface area contributed by atoms with Crippen molar-refractivity contribution in [2.45, 2.75) is 38.1 Å². The molecule has 6 nitrogen and oxygen atoms in total. The van der Waals surface area contributed by atoms with Crippen LogP contribution in [0.5, 0.6) is 0 Å². The Morgan fingerprint density at radius 1 is 1.03 bits per heavy atom. The van der Waals surface area contributed by atoms with Crippen molar-refractivity contribution in [3.05, 3.63) is 76.3 Å². The number of carbonyl (C=O) groups excluding carboxylic acids is 2. The lowest BCUT2D eigenvalue weighted by atomic mass is 9.95. The Hall–Kier alpha value is -3.13. The number of benzene rings is 2. The summed E-state index contributed by atoms with van der Waals surface area (Å²) in [7, 11) is 0. The van der Waals surface area contributed by atoms with Crippen molar-refractivity contribution < 1.29 is 14.0 Å². The molecular weight excluding hydrogens is 403 g/mol. The molecule has 1 fully saturated rings. The third kappa shape index (κ3) is 4.71. The SMILES string of the molecule is O=C(N=c1sn(-c2ccc(F)cc2)nc1C(=O)NC1CCCCC1)c1ccccc1.